The third kappa shape index (κ3) is 2.85. The van der Waals surface area contributed by atoms with Gasteiger partial charge in [-0.3, -0.25) is 0 Å². The van der Waals surface area contributed by atoms with Gasteiger partial charge >= 0.3 is 0 Å². The number of hydrogen-bond acceptors (Lipinski definition) is 1. The van der Waals surface area contributed by atoms with Gasteiger partial charge in [-0.25, -0.2) is 13.2 Å². The quantitative estimate of drug-likeness (QED) is 0.769. The Kier molecular flexibility index (Phi) is 4.73. The zero-order valence-electron chi connectivity index (χ0n) is 10.4. The fourth-order valence-electron chi connectivity index (χ4n) is 1.96. The molecule has 0 aliphatic rings. The van der Waals surface area contributed by atoms with E-state index in [0.717, 1.165) is 6.07 Å². The van der Waals surface area contributed by atoms with E-state index in [4.69, 9.17) is 11.6 Å². The molecule has 0 bridgehead atoms. The van der Waals surface area contributed by atoms with E-state index < -0.39 is 23.5 Å². The third-order valence-corrected chi connectivity index (χ3v) is 4.17. The third-order valence-electron chi connectivity index (χ3n) is 2.94. The highest BCUT2D eigenvalue weighted by Gasteiger charge is 2.21. The molecule has 0 amide bonds. The molecule has 6 heteroatoms. The van der Waals surface area contributed by atoms with E-state index in [2.05, 4.69) is 21.2 Å². The van der Waals surface area contributed by atoms with E-state index >= 15 is 0 Å². The Hall–Kier alpha value is -1.04. The van der Waals surface area contributed by atoms with Gasteiger partial charge in [-0.15, -0.1) is 0 Å². The molecule has 1 N–H and O–H groups in total. The molecule has 0 radical (unpaired) electrons. The van der Waals surface area contributed by atoms with E-state index in [0.29, 0.717) is 15.1 Å². The molecule has 0 aliphatic carbocycles. The van der Waals surface area contributed by atoms with E-state index in [1.165, 1.54) is 6.07 Å². The highest BCUT2D eigenvalue weighted by Crippen LogP contribution is 2.31. The Morgan fingerprint density at radius 2 is 1.80 bits per heavy atom. The second-order valence-corrected chi connectivity index (χ2v) is 5.42. The summed E-state index contributed by atoms with van der Waals surface area (Å²) in [5.74, 6) is -3.90. The molecule has 0 aromatic heterocycles. The van der Waals surface area contributed by atoms with Crippen molar-refractivity contribution in [1.82, 2.24) is 5.32 Å². The molecule has 0 saturated carbocycles. The Morgan fingerprint density at radius 1 is 1.10 bits per heavy atom. The molecule has 106 valence electrons. The Balaban J connectivity index is 2.52. The summed E-state index contributed by atoms with van der Waals surface area (Å²) in [7, 11) is 1.60. The van der Waals surface area contributed by atoms with Gasteiger partial charge < -0.3 is 5.32 Å². The van der Waals surface area contributed by atoms with E-state index in [1.807, 2.05) is 0 Å². The zero-order chi connectivity index (χ0) is 14.9. The van der Waals surface area contributed by atoms with Gasteiger partial charge in [0, 0.05) is 10.0 Å². The average Bonchev–Trinajstić information content (AvgIpc) is 2.43. The molecule has 0 aliphatic heterocycles. The van der Waals surface area contributed by atoms with Crippen LogP contribution >= 0.6 is 27.5 Å². The Bertz CT molecular complexity index is 649. The highest BCUT2D eigenvalue weighted by atomic mass is 79.9. The topological polar surface area (TPSA) is 12.0 Å². The minimum absolute atomic E-state index is 0.0183. The van der Waals surface area contributed by atoms with Crippen LogP contribution in [0, 0.1) is 17.5 Å². The summed E-state index contributed by atoms with van der Waals surface area (Å²) >= 11 is 9.25. The van der Waals surface area contributed by atoms with Crippen LogP contribution in [0.3, 0.4) is 0 Å². The minimum Gasteiger partial charge on any atom is -0.309 e. The summed E-state index contributed by atoms with van der Waals surface area (Å²) in [5, 5.41) is 3.32. The van der Waals surface area contributed by atoms with Crippen molar-refractivity contribution in [3.05, 3.63) is 68.4 Å². The lowest BCUT2D eigenvalue weighted by Crippen LogP contribution is -2.19. The van der Waals surface area contributed by atoms with E-state index in [1.54, 1.807) is 25.2 Å². The van der Waals surface area contributed by atoms with Crippen LogP contribution in [0.25, 0.3) is 0 Å². The SMILES string of the molecule is CNC(c1ccc(Br)c(Cl)c1)c1ccc(F)c(F)c1F. The van der Waals surface area contributed by atoms with Crippen molar-refractivity contribution in [1.29, 1.82) is 0 Å². The normalized spacial score (nSPS) is 12.5. The lowest BCUT2D eigenvalue weighted by molar-refractivity contribution is 0.435. The second-order valence-electron chi connectivity index (χ2n) is 4.16. The first-order valence-corrected chi connectivity index (χ1v) is 6.88. The Labute approximate surface area is 127 Å². The molecule has 0 saturated heterocycles. The number of hydrogen-bond donors (Lipinski definition) is 1. The van der Waals surface area contributed by atoms with Gasteiger partial charge in [0.25, 0.3) is 0 Å². The summed E-state index contributed by atoms with van der Waals surface area (Å²) < 4.78 is 40.9. The predicted molar refractivity (Wildman–Crippen MR) is 76.4 cm³/mol. The molecule has 0 spiro atoms. The maximum Gasteiger partial charge on any atom is 0.194 e. The molecular formula is C14H10BrClF3N. The van der Waals surface area contributed by atoms with Crippen LogP contribution in [-0.2, 0) is 0 Å². The lowest BCUT2D eigenvalue weighted by atomic mass is 9.98. The van der Waals surface area contributed by atoms with Crippen molar-refractivity contribution < 1.29 is 13.2 Å². The van der Waals surface area contributed by atoms with Gasteiger partial charge in [-0.05, 0) is 46.7 Å². The summed E-state index contributed by atoms with van der Waals surface area (Å²) in [4.78, 5) is 0. The molecule has 2 aromatic rings. The van der Waals surface area contributed by atoms with Gasteiger partial charge in [0.1, 0.15) is 0 Å². The van der Waals surface area contributed by atoms with Gasteiger partial charge in [-0.2, -0.15) is 0 Å². The standard InChI is InChI=1S/C14H10BrClF3N/c1-20-14(7-2-4-9(15)10(16)6-7)8-3-5-11(17)13(19)12(8)18/h2-6,14,20H,1H3. The van der Waals surface area contributed by atoms with Crippen molar-refractivity contribution in [2.24, 2.45) is 0 Å². The Morgan fingerprint density at radius 3 is 2.40 bits per heavy atom. The van der Waals surface area contributed by atoms with E-state index in [-0.39, 0.29) is 5.56 Å². The maximum absolute atomic E-state index is 13.9. The molecule has 1 nitrogen and oxygen atoms in total. The van der Waals surface area contributed by atoms with Crippen molar-refractivity contribution in [3.63, 3.8) is 0 Å². The highest BCUT2D eigenvalue weighted by molar-refractivity contribution is 9.10. The van der Waals surface area contributed by atoms with Crippen LogP contribution < -0.4 is 5.32 Å². The smallest absolute Gasteiger partial charge is 0.194 e. The van der Waals surface area contributed by atoms with Gasteiger partial charge in [0.2, 0.25) is 0 Å². The van der Waals surface area contributed by atoms with Crippen LogP contribution in [0.1, 0.15) is 17.2 Å². The minimum atomic E-state index is -1.48. The van der Waals surface area contributed by atoms with Crippen LogP contribution in [0.4, 0.5) is 13.2 Å². The van der Waals surface area contributed by atoms with Gasteiger partial charge in [0.15, 0.2) is 17.5 Å². The van der Waals surface area contributed by atoms with Gasteiger partial charge in [-0.1, -0.05) is 23.7 Å². The van der Waals surface area contributed by atoms with Crippen LogP contribution in [0.2, 0.25) is 5.02 Å². The molecular weight excluding hydrogens is 355 g/mol. The molecule has 0 heterocycles. The van der Waals surface area contributed by atoms with Crippen molar-refractivity contribution >= 4 is 27.5 Å². The first-order chi connectivity index (χ1) is 9.45. The maximum atomic E-state index is 13.9. The largest absolute Gasteiger partial charge is 0.309 e. The number of benzene rings is 2. The monoisotopic (exact) mass is 363 g/mol. The van der Waals surface area contributed by atoms with Crippen LogP contribution in [-0.4, -0.2) is 7.05 Å². The number of nitrogens with one attached hydrogen (secondary N) is 1. The predicted octanol–water partition coefficient (Wildman–Crippen LogP) is 4.83. The van der Waals surface area contributed by atoms with Crippen LogP contribution in [0.15, 0.2) is 34.8 Å². The molecule has 0 fully saturated rings. The summed E-state index contributed by atoms with van der Waals surface area (Å²) in [6, 6.07) is 6.55. The molecule has 20 heavy (non-hydrogen) atoms. The number of halogens is 5. The van der Waals surface area contributed by atoms with Crippen molar-refractivity contribution in [2.75, 3.05) is 7.05 Å². The van der Waals surface area contributed by atoms with E-state index in [9.17, 15) is 13.2 Å². The first kappa shape index (κ1) is 15.4. The van der Waals surface area contributed by atoms with Gasteiger partial charge in [0.05, 0.1) is 11.1 Å². The summed E-state index contributed by atoms with van der Waals surface area (Å²) in [6.07, 6.45) is 0. The molecule has 1 atom stereocenters. The van der Waals surface area contributed by atoms with Crippen LogP contribution in [0.5, 0.6) is 0 Å². The fourth-order valence-corrected chi connectivity index (χ4v) is 2.39. The molecule has 2 aromatic carbocycles. The second kappa shape index (κ2) is 6.16. The zero-order valence-corrected chi connectivity index (χ0v) is 12.7. The number of rotatable bonds is 3. The lowest BCUT2D eigenvalue weighted by Gasteiger charge is -2.19. The molecule has 2 rings (SSSR count). The summed E-state index contributed by atoms with van der Waals surface area (Å²) in [6.45, 7) is 0. The van der Waals surface area contributed by atoms with Crippen molar-refractivity contribution in [2.45, 2.75) is 6.04 Å². The van der Waals surface area contributed by atoms with Crippen molar-refractivity contribution in [3.8, 4) is 0 Å². The molecule has 1 unspecified atom stereocenters. The fraction of sp³-hybridized carbons (Fsp3) is 0.143. The summed E-state index contributed by atoms with van der Waals surface area (Å²) in [5.41, 5.74) is 0.662. The average molecular weight is 365 g/mol. The first-order valence-electron chi connectivity index (χ1n) is 5.71.